The minimum absolute atomic E-state index is 0.0994. The van der Waals surface area contributed by atoms with E-state index in [4.69, 9.17) is 28.6 Å². The molecule has 0 aliphatic heterocycles. The standard InChI is InChI=1S/C24H27BrClN3O3S/c1-2-12-32-21-11-8-15(25)13-19(21)23(31)29-24(33)28-17-9-10-20(26)18(14-17)22(30)27-16-6-4-3-5-7-16/h8-11,13-14,16H,2-7,12H2,1H3,(H,27,30)(H2,28,29,31,33). The van der Waals surface area contributed by atoms with Crippen molar-refractivity contribution in [2.45, 2.75) is 51.5 Å². The number of benzene rings is 2. The summed E-state index contributed by atoms with van der Waals surface area (Å²) in [4.78, 5) is 25.6. The van der Waals surface area contributed by atoms with Gasteiger partial charge in [-0.2, -0.15) is 0 Å². The van der Waals surface area contributed by atoms with Crippen molar-refractivity contribution in [1.82, 2.24) is 10.6 Å². The number of amides is 2. The van der Waals surface area contributed by atoms with Gasteiger partial charge in [0.05, 0.1) is 22.8 Å². The summed E-state index contributed by atoms with van der Waals surface area (Å²) < 4.78 is 6.43. The Kier molecular flexibility index (Phi) is 9.52. The molecule has 1 aliphatic rings. The molecule has 1 aliphatic carbocycles. The van der Waals surface area contributed by atoms with Crippen LogP contribution in [0.15, 0.2) is 40.9 Å². The normalized spacial score (nSPS) is 13.8. The Hall–Kier alpha value is -2.16. The number of ether oxygens (including phenoxy) is 1. The molecule has 33 heavy (non-hydrogen) atoms. The maximum Gasteiger partial charge on any atom is 0.261 e. The van der Waals surface area contributed by atoms with Crippen molar-refractivity contribution in [3.8, 4) is 5.75 Å². The first-order chi connectivity index (χ1) is 15.9. The van der Waals surface area contributed by atoms with Crippen molar-refractivity contribution in [2.75, 3.05) is 11.9 Å². The van der Waals surface area contributed by atoms with E-state index in [0.717, 1.165) is 36.6 Å². The van der Waals surface area contributed by atoms with E-state index in [1.807, 2.05) is 13.0 Å². The zero-order valence-electron chi connectivity index (χ0n) is 18.4. The molecule has 0 saturated heterocycles. The van der Waals surface area contributed by atoms with Gasteiger partial charge < -0.3 is 15.4 Å². The number of rotatable bonds is 7. The molecule has 1 fully saturated rings. The lowest BCUT2D eigenvalue weighted by atomic mass is 9.95. The van der Waals surface area contributed by atoms with Crippen molar-refractivity contribution >= 4 is 62.4 Å². The molecular weight excluding hydrogens is 526 g/mol. The molecule has 0 spiro atoms. The van der Waals surface area contributed by atoms with Gasteiger partial charge in [-0.15, -0.1) is 0 Å². The van der Waals surface area contributed by atoms with Crippen LogP contribution >= 0.6 is 39.7 Å². The van der Waals surface area contributed by atoms with Crippen LogP contribution in [0.4, 0.5) is 5.69 Å². The van der Waals surface area contributed by atoms with Gasteiger partial charge in [-0.25, -0.2) is 0 Å². The summed E-state index contributed by atoms with van der Waals surface area (Å²) in [5.74, 6) is -0.130. The number of nitrogens with one attached hydrogen (secondary N) is 3. The lowest BCUT2D eigenvalue weighted by Gasteiger charge is -2.23. The Labute approximate surface area is 212 Å². The third-order valence-corrected chi connectivity index (χ3v) is 6.31. The third-order valence-electron chi connectivity index (χ3n) is 5.28. The van der Waals surface area contributed by atoms with Crippen LogP contribution < -0.4 is 20.7 Å². The maximum atomic E-state index is 12.8. The number of halogens is 2. The first kappa shape index (κ1) is 25.5. The lowest BCUT2D eigenvalue weighted by molar-refractivity contribution is 0.0926. The zero-order valence-corrected chi connectivity index (χ0v) is 21.5. The summed E-state index contributed by atoms with van der Waals surface area (Å²) >= 11 is 15.0. The molecule has 2 aromatic rings. The fraction of sp³-hybridized carbons (Fsp3) is 0.375. The molecule has 0 heterocycles. The molecule has 2 aromatic carbocycles. The number of hydrogen-bond donors (Lipinski definition) is 3. The molecule has 3 rings (SSSR count). The van der Waals surface area contributed by atoms with Gasteiger partial charge in [0.2, 0.25) is 0 Å². The van der Waals surface area contributed by atoms with Gasteiger partial charge in [0, 0.05) is 16.2 Å². The van der Waals surface area contributed by atoms with E-state index in [0.29, 0.717) is 34.2 Å². The number of anilines is 1. The van der Waals surface area contributed by atoms with Gasteiger partial charge in [0.1, 0.15) is 5.75 Å². The molecule has 0 aromatic heterocycles. The highest BCUT2D eigenvalue weighted by Crippen LogP contribution is 2.25. The van der Waals surface area contributed by atoms with Crippen LogP contribution in [0.1, 0.15) is 66.2 Å². The molecular formula is C24H27BrClN3O3S. The molecule has 2 amide bonds. The number of carbonyl (C=O) groups excluding carboxylic acids is 2. The highest BCUT2D eigenvalue weighted by atomic mass is 79.9. The second-order valence-electron chi connectivity index (χ2n) is 7.90. The largest absolute Gasteiger partial charge is 0.493 e. The molecule has 9 heteroatoms. The van der Waals surface area contributed by atoms with Gasteiger partial charge in [0.25, 0.3) is 11.8 Å². The van der Waals surface area contributed by atoms with Crippen LogP contribution in [0.5, 0.6) is 5.75 Å². The second-order valence-corrected chi connectivity index (χ2v) is 9.63. The van der Waals surface area contributed by atoms with E-state index in [1.54, 1.807) is 30.3 Å². The summed E-state index contributed by atoms with van der Waals surface area (Å²) in [5, 5.41) is 9.14. The quantitative estimate of drug-likeness (QED) is 0.363. The molecule has 3 N–H and O–H groups in total. The van der Waals surface area contributed by atoms with Gasteiger partial charge in [0.15, 0.2) is 5.11 Å². The average Bonchev–Trinajstić information content (AvgIpc) is 2.80. The Morgan fingerprint density at radius 1 is 1.09 bits per heavy atom. The first-order valence-corrected chi connectivity index (χ1v) is 12.6. The lowest BCUT2D eigenvalue weighted by Crippen LogP contribution is -2.36. The molecule has 0 bridgehead atoms. The molecule has 0 unspecified atom stereocenters. The van der Waals surface area contributed by atoms with Crippen LogP contribution in [0.3, 0.4) is 0 Å². The fourth-order valence-electron chi connectivity index (χ4n) is 3.64. The van der Waals surface area contributed by atoms with Crippen molar-refractivity contribution in [1.29, 1.82) is 0 Å². The highest BCUT2D eigenvalue weighted by molar-refractivity contribution is 9.10. The van der Waals surface area contributed by atoms with Gasteiger partial charge in [-0.05, 0) is 67.9 Å². The SMILES string of the molecule is CCCOc1ccc(Br)cc1C(=O)NC(=S)Nc1ccc(Cl)c(C(=O)NC2CCCCC2)c1. The minimum atomic E-state index is -0.399. The topological polar surface area (TPSA) is 79.5 Å². The van der Waals surface area contributed by atoms with Crippen molar-refractivity contribution in [3.05, 3.63) is 57.0 Å². The predicted octanol–water partition coefficient (Wildman–Crippen LogP) is 6.08. The van der Waals surface area contributed by atoms with Crippen LogP contribution in [0.25, 0.3) is 0 Å². The monoisotopic (exact) mass is 551 g/mol. The maximum absolute atomic E-state index is 12.8. The van der Waals surface area contributed by atoms with Crippen molar-refractivity contribution < 1.29 is 14.3 Å². The summed E-state index contributed by atoms with van der Waals surface area (Å²) in [5.41, 5.74) is 1.28. The summed E-state index contributed by atoms with van der Waals surface area (Å²) in [6.07, 6.45) is 6.25. The second kappa shape index (κ2) is 12.3. The van der Waals surface area contributed by atoms with Crippen LogP contribution in [0.2, 0.25) is 5.02 Å². The van der Waals surface area contributed by atoms with E-state index < -0.39 is 5.91 Å². The number of thiocarbonyl (C=S) groups is 1. The minimum Gasteiger partial charge on any atom is -0.493 e. The smallest absolute Gasteiger partial charge is 0.261 e. The van der Waals surface area contributed by atoms with Gasteiger partial charge in [-0.3, -0.25) is 14.9 Å². The highest BCUT2D eigenvalue weighted by Gasteiger charge is 2.19. The van der Waals surface area contributed by atoms with E-state index in [2.05, 4.69) is 31.9 Å². The average molecular weight is 553 g/mol. The molecule has 0 atom stereocenters. The molecule has 0 radical (unpaired) electrons. The van der Waals surface area contributed by atoms with Gasteiger partial charge in [-0.1, -0.05) is 53.7 Å². The molecule has 6 nitrogen and oxygen atoms in total. The summed E-state index contributed by atoms with van der Waals surface area (Å²) in [6, 6.07) is 10.4. The van der Waals surface area contributed by atoms with Crippen molar-refractivity contribution in [2.24, 2.45) is 0 Å². The predicted molar refractivity (Wildman–Crippen MR) is 139 cm³/mol. The number of carbonyl (C=O) groups is 2. The molecule has 1 saturated carbocycles. The van der Waals surface area contributed by atoms with E-state index in [1.165, 1.54) is 6.42 Å². The first-order valence-electron chi connectivity index (χ1n) is 11.0. The summed E-state index contributed by atoms with van der Waals surface area (Å²) in [7, 11) is 0. The van der Waals surface area contributed by atoms with Gasteiger partial charge >= 0.3 is 0 Å². The Bertz CT molecular complexity index is 1030. The van der Waals surface area contributed by atoms with E-state index in [-0.39, 0.29) is 17.1 Å². The Morgan fingerprint density at radius 2 is 1.85 bits per heavy atom. The zero-order chi connectivity index (χ0) is 23.8. The third kappa shape index (κ3) is 7.42. The Balaban J connectivity index is 1.66. The van der Waals surface area contributed by atoms with E-state index in [9.17, 15) is 9.59 Å². The van der Waals surface area contributed by atoms with E-state index >= 15 is 0 Å². The van der Waals surface area contributed by atoms with Crippen LogP contribution in [0, 0.1) is 0 Å². The summed E-state index contributed by atoms with van der Waals surface area (Å²) in [6.45, 7) is 2.49. The van der Waals surface area contributed by atoms with Crippen molar-refractivity contribution in [3.63, 3.8) is 0 Å². The Morgan fingerprint density at radius 3 is 2.58 bits per heavy atom. The number of hydrogen-bond acceptors (Lipinski definition) is 4. The fourth-order valence-corrected chi connectivity index (χ4v) is 4.41. The van der Waals surface area contributed by atoms with Crippen LogP contribution in [-0.2, 0) is 0 Å². The molecule has 176 valence electrons. The van der Waals surface area contributed by atoms with Crippen LogP contribution in [-0.4, -0.2) is 29.6 Å².